The molecule has 2 rings (SSSR count). The highest BCUT2D eigenvalue weighted by atomic mass is 35.5. The molecule has 7 heteroatoms. The van der Waals surface area contributed by atoms with Crippen LogP contribution in [0, 0.1) is 0 Å². The van der Waals surface area contributed by atoms with Crippen molar-refractivity contribution >= 4 is 23.5 Å². The molecular weight excluding hydrogens is 234 g/mol. The molecule has 2 N–H and O–H groups in total. The summed E-state index contributed by atoms with van der Waals surface area (Å²) in [5.74, 6) is -1.26. The van der Waals surface area contributed by atoms with E-state index in [9.17, 15) is 9.59 Å². The quantitative estimate of drug-likeness (QED) is 0.728. The van der Waals surface area contributed by atoms with Gasteiger partial charge in [0.2, 0.25) is 5.91 Å². The average molecular weight is 244 g/mol. The minimum absolute atomic E-state index is 0.0490. The number of aromatic amines is 1. The molecule has 0 fully saturated rings. The Hall–Kier alpha value is -1.56. The molecule has 0 radical (unpaired) electrons. The van der Waals surface area contributed by atoms with E-state index in [2.05, 4.69) is 10.2 Å². The molecule has 1 aliphatic heterocycles. The summed E-state index contributed by atoms with van der Waals surface area (Å²) in [6.45, 7) is 0.833. The van der Waals surface area contributed by atoms with E-state index in [1.54, 1.807) is 4.90 Å². The normalized spacial score (nSPS) is 14.7. The summed E-state index contributed by atoms with van der Waals surface area (Å²) < 4.78 is 0. The fraction of sp³-hybridized carbons (Fsp3) is 0.444. The van der Waals surface area contributed by atoms with E-state index >= 15 is 0 Å². The monoisotopic (exact) mass is 243 g/mol. The molecule has 6 nitrogen and oxygen atoms in total. The Morgan fingerprint density at radius 2 is 2.31 bits per heavy atom. The first-order valence-corrected chi connectivity index (χ1v) is 5.30. The highest BCUT2D eigenvalue weighted by molar-refractivity contribution is 6.27. The van der Waals surface area contributed by atoms with Crippen molar-refractivity contribution in [3.63, 3.8) is 0 Å². The van der Waals surface area contributed by atoms with Gasteiger partial charge in [-0.15, -0.1) is 11.6 Å². The van der Waals surface area contributed by atoms with Gasteiger partial charge in [-0.25, -0.2) is 4.79 Å². The molecule has 86 valence electrons. The zero-order valence-corrected chi connectivity index (χ0v) is 9.12. The summed E-state index contributed by atoms with van der Waals surface area (Å²) in [5, 5.41) is 15.2. The first-order valence-electron chi connectivity index (χ1n) is 4.76. The molecule has 0 saturated heterocycles. The van der Waals surface area contributed by atoms with Crippen molar-refractivity contribution in [1.29, 1.82) is 0 Å². The highest BCUT2D eigenvalue weighted by Gasteiger charge is 2.26. The van der Waals surface area contributed by atoms with Gasteiger partial charge in [-0.3, -0.25) is 9.89 Å². The maximum Gasteiger partial charge on any atom is 0.356 e. The van der Waals surface area contributed by atoms with E-state index in [0.717, 1.165) is 0 Å². The number of alkyl halides is 1. The van der Waals surface area contributed by atoms with Crippen LogP contribution in [0.4, 0.5) is 0 Å². The summed E-state index contributed by atoms with van der Waals surface area (Å²) in [6, 6.07) is 0. The second-order valence-electron chi connectivity index (χ2n) is 3.53. The second-order valence-corrected chi connectivity index (χ2v) is 3.80. The van der Waals surface area contributed by atoms with Crippen LogP contribution in [0.5, 0.6) is 0 Å². The maximum absolute atomic E-state index is 11.4. The predicted molar refractivity (Wildman–Crippen MR) is 55.4 cm³/mol. The molecule has 0 atom stereocenters. The second kappa shape index (κ2) is 4.13. The van der Waals surface area contributed by atoms with Gasteiger partial charge in [0, 0.05) is 12.1 Å². The van der Waals surface area contributed by atoms with Crippen molar-refractivity contribution in [3.05, 3.63) is 17.0 Å². The third-order valence-electron chi connectivity index (χ3n) is 2.60. The summed E-state index contributed by atoms with van der Waals surface area (Å²) in [5.41, 5.74) is 1.42. The van der Waals surface area contributed by atoms with E-state index in [-0.39, 0.29) is 17.5 Å². The zero-order chi connectivity index (χ0) is 11.7. The fourth-order valence-corrected chi connectivity index (χ4v) is 1.96. The third kappa shape index (κ3) is 1.76. The molecule has 1 amide bonds. The lowest BCUT2D eigenvalue weighted by Crippen LogP contribution is -2.36. The number of aromatic carboxylic acids is 1. The van der Waals surface area contributed by atoms with Crippen LogP contribution in [-0.4, -0.2) is 44.5 Å². The molecule has 0 saturated carbocycles. The number of nitrogens with zero attached hydrogens (tertiary/aromatic N) is 2. The van der Waals surface area contributed by atoms with Crippen LogP contribution in [-0.2, 0) is 17.8 Å². The third-order valence-corrected chi connectivity index (χ3v) is 2.83. The Balaban J connectivity index is 2.23. The van der Waals surface area contributed by atoms with Crippen LogP contribution >= 0.6 is 11.6 Å². The van der Waals surface area contributed by atoms with Gasteiger partial charge in [-0.1, -0.05) is 0 Å². The number of amides is 1. The van der Waals surface area contributed by atoms with Crippen molar-refractivity contribution in [2.24, 2.45) is 0 Å². The van der Waals surface area contributed by atoms with E-state index in [4.69, 9.17) is 16.7 Å². The molecule has 2 heterocycles. The number of carbonyl (C=O) groups excluding carboxylic acids is 1. The Morgan fingerprint density at radius 3 is 2.94 bits per heavy atom. The van der Waals surface area contributed by atoms with Crippen LogP contribution < -0.4 is 0 Å². The summed E-state index contributed by atoms with van der Waals surface area (Å²) in [6.07, 6.45) is 0.496. The number of hydrogen-bond acceptors (Lipinski definition) is 3. The molecule has 1 aromatic heterocycles. The van der Waals surface area contributed by atoms with Gasteiger partial charge < -0.3 is 10.0 Å². The molecule has 0 unspecified atom stereocenters. The Kier molecular flexibility index (Phi) is 2.82. The van der Waals surface area contributed by atoms with Gasteiger partial charge in [0.25, 0.3) is 0 Å². The zero-order valence-electron chi connectivity index (χ0n) is 8.36. The summed E-state index contributed by atoms with van der Waals surface area (Å²) in [7, 11) is 0. The molecule has 1 aromatic rings. The summed E-state index contributed by atoms with van der Waals surface area (Å²) in [4.78, 5) is 23.8. The van der Waals surface area contributed by atoms with Crippen LogP contribution in [0.25, 0.3) is 0 Å². The first kappa shape index (κ1) is 10.9. The molecular formula is C9H10ClN3O3. The topological polar surface area (TPSA) is 86.3 Å². The minimum atomic E-state index is -1.05. The molecule has 0 aliphatic carbocycles. The number of carboxylic acid groups (broad SMARTS) is 1. The van der Waals surface area contributed by atoms with Gasteiger partial charge >= 0.3 is 5.97 Å². The standard InChI is InChI=1S/C9H10ClN3O3/c10-3-7(14)13-2-1-5-6(4-13)11-12-8(5)9(15)16/h1-4H2,(H,11,12)(H,15,16). The van der Waals surface area contributed by atoms with Crippen LogP contribution in [0.3, 0.4) is 0 Å². The van der Waals surface area contributed by atoms with Crippen molar-refractivity contribution in [2.45, 2.75) is 13.0 Å². The number of H-pyrrole nitrogens is 1. The number of aromatic nitrogens is 2. The first-order chi connectivity index (χ1) is 7.63. The van der Waals surface area contributed by atoms with Crippen molar-refractivity contribution in [2.75, 3.05) is 12.4 Å². The largest absolute Gasteiger partial charge is 0.476 e. The van der Waals surface area contributed by atoms with Crippen LogP contribution in [0.1, 0.15) is 21.7 Å². The molecule has 0 bridgehead atoms. The van der Waals surface area contributed by atoms with Crippen molar-refractivity contribution < 1.29 is 14.7 Å². The average Bonchev–Trinajstić information content (AvgIpc) is 2.70. The van der Waals surface area contributed by atoms with Gasteiger partial charge in [0.15, 0.2) is 5.69 Å². The SMILES string of the molecule is O=C(O)c1n[nH]c2c1CCN(C(=O)CCl)C2. The Bertz CT molecular complexity index is 443. The Morgan fingerprint density at radius 1 is 1.56 bits per heavy atom. The van der Waals surface area contributed by atoms with E-state index < -0.39 is 5.97 Å². The van der Waals surface area contributed by atoms with Gasteiger partial charge in [0.1, 0.15) is 5.88 Å². The minimum Gasteiger partial charge on any atom is -0.476 e. The predicted octanol–water partition coefficient (Wildman–Crippen LogP) is 0.231. The fourth-order valence-electron chi connectivity index (χ4n) is 1.79. The lowest BCUT2D eigenvalue weighted by atomic mass is 10.0. The number of carbonyl (C=O) groups is 2. The smallest absolute Gasteiger partial charge is 0.356 e. The maximum atomic E-state index is 11.4. The number of hydrogen-bond donors (Lipinski definition) is 2. The van der Waals surface area contributed by atoms with Gasteiger partial charge in [-0.2, -0.15) is 5.10 Å². The number of nitrogens with one attached hydrogen (secondary N) is 1. The molecule has 16 heavy (non-hydrogen) atoms. The molecule has 1 aliphatic rings. The van der Waals surface area contributed by atoms with E-state index in [1.165, 1.54) is 0 Å². The Labute approximate surface area is 96.2 Å². The number of halogens is 1. The van der Waals surface area contributed by atoms with Crippen molar-refractivity contribution in [1.82, 2.24) is 15.1 Å². The molecule has 0 spiro atoms. The lowest BCUT2D eigenvalue weighted by Gasteiger charge is -2.25. The van der Waals surface area contributed by atoms with Gasteiger partial charge in [-0.05, 0) is 6.42 Å². The van der Waals surface area contributed by atoms with E-state index in [1.807, 2.05) is 0 Å². The summed E-state index contributed by atoms with van der Waals surface area (Å²) >= 11 is 5.46. The number of fused-ring (bicyclic) bond motifs is 1. The van der Waals surface area contributed by atoms with Crippen LogP contribution in [0.15, 0.2) is 0 Å². The highest BCUT2D eigenvalue weighted by Crippen LogP contribution is 2.20. The number of carboxylic acids is 1. The lowest BCUT2D eigenvalue weighted by molar-refractivity contribution is -0.129. The van der Waals surface area contributed by atoms with Gasteiger partial charge in [0.05, 0.1) is 12.2 Å². The van der Waals surface area contributed by atoms with Crippen LogP contribution in [0.2, 0.25) is 0 Å². The van der Waals surface area contributed by atoms with Crippen molar-refractivity contribution in [3.8, 4) is 0 Å². The molecule has 0 aromatic carbocycles. The number of rotatable bonds is 2. The van der Waals surface area contributed by atoms with E-state index in [0.29, 0.717) is 30.8 Å².